The van der Waals surface area contributed by atoms with Crippen LogP contribution in [0.5, 0.6) is 0 Å². The second-order valence-electron chi connectivity index (χ2n) is 3.13. The Morgan fingerprint density at radius 2 is 1.91 bits per heavy atom. The van der Waals surface area contributed by atoms with E-state index in [9.17, 15) is 0 Å². The summed E-state index contributed by atoms with van der Waals surface area (Å²) >= 11 is 0. The van der Waals surface area contributed by atoms with E-state index in [1.807, 2.05) is 0 Å². The van der Waals surface area contributed by atoms with Crippen molar-refractivity contribution in [2.45, 2.75) is 25.7 Å². The van der Waals surface area contributed by atoms with Crippen LogP contribution >= 0.6 is 0 Å². The van der Waals surface area contributed by atoms with E-state index in [2.05, 4.69) is 9.74 Å². The van der Waals surface area contributed by atoms with Gasteiger partial charge in [-0.15, -0.1) is 0 Å². The summed E-state index contributed by atoms with van der Waals surface area (Å²) in [6.07, 6.45) is 5.07. The fourth-order valence-corrected chi connectivity index (χ4v) is 1.53. The van der Waals surface area contributed by atoms with E-state index in [0.717, 1.165) is 6.42 Å². The second kappa shape index (κ2) is 5.52. The lowest BCUT2D eigenvalue weighted by atomic mass is 10.3. The molecule has 0 aromatic rings. The standard InChI is InChI=1S/C8H18N2O/c9-11-8-4-3-7-10-5-1-2-6-10/h1-9H2. The lowest BCUT2D eigenvalue weighted by Gasteiger charge is -2.13. The van der Waals surface area contributed by atoms with E-state index in [1.165, 1.54) is 38.9 Å². The maximum atomic E-state index is 4.91. The molecule has 1 heterocycles. The number of hydrogen-bond acceptors (Lipinski definition) is 3. The van der Waals surface area contributed by atoms with Crippen LogP contribution in [0.3, 0.4) is 0 Å². The van der Waals surface area contributed by atoms with Crippen molar-refractivity contribution in [3.05, 3.63) is 0 Å². The highest BCUT2D eigenvalue weighted by Gasteiger charge is 2.09. The maximum Gasteiger partial charge on any atom is 0.0679 e. The molecule has 0 atom stereocenters. The van der Waals surface area contributed by atoms with E-state index >= 15 is 0 Å². The first kappa shape index (κ1) is 8.97. The number of unbranched alkanes of at least 4 members (excludes halogenated alkanes) is 1. The molecule has 1 saturated heterocycles. The molecule has 0 aromatic heterocycles. The Hall–Kier alpha value is -0.120. The molecule has 0 bridgehead atoms. The Labute approximate surface area is 68.5 Å². The summed E-state index contributed by atoms with van der Waals surface area (Å²) in [6, 6.07) is 0. The minimum absolute atomic E-state index is 0.702. The average Bonchev–Trinajstić information content (AvgIpc) is 2.50. The summed E-state index contributed by atoms with van der Waals surface area (Å²) in [6.45, 7) is 4.52. The van der Waals surface area contributed by atoms with Crippen LogP contribution in [0.4, 0.5) is 0 Å². The van der Waals surface area contributed by atoms with Crippen LogP contribution in [0.2, 0.25) is 0 Å². The minimum Gasteiger partial charge on any atom is -0.305 e. The number of nitrogens with two attached hydrogens (primary N) is 1. The summed E-state index contributed by atoms with van der Waals surface area (Å²) in [5.41, 5.74) is 0. The van der Waals surface area contributed by atoms with Gasteiger partial charge in [-0.25, -0.2) is 5.90 Å². The molecule has 2 N–H and O–H groups in total. The first-order chi connectivity index (χ1) is 5.43. The van der Waals surface area contributed by atoms with Crippen LogP contribution < -0.4 is 5.90 Å². The number of nitrogens with zero attached hydrogens (tertiary/aromatic N) is 1. The Morgan fingerprint density at radius 1 is 1.18 bits per heavy atom. The first-order valence-corrected chi connectivity index (χ1v) is 4.47. The molecule has 3 nitrogen and oxygen atoms in total. The summed E-state index contributed by atoms with van der Waals surface area (Å²) in [7, 11) is 0. The monoisotopic (exact) mass is 158 g/mol. The van der Waals surface area contributed by atoms with E-state index in [1.54, 1.807) is 0 Å². The first-order valence-electron chi connectivity index (χ1n) is 4.47. The van der Waals surface area contributed by atoms with Gasteiger partial charge in [0.1, 0.15) is 0 Å². The topological polar surface area (TPSA) is 38.5 Å². The smallest absolute Gasteiger partial charge is 0.0679 e. The number of likely N-dealkylation sites (tertiary alicyclic amines) is 1. The maximum absolute atomic E-state index is 4.91. The fraction of sp³-hybridized carbons (Fsp3) is 1.00. The third-order valence-corrected chi connectivity index (χ3v) is 2.19. The number of hydrogen-bond donors (Lipinski definition) is 1. The average molecular weight is 158 g/mol. The van der Waals surface area contributed by atoms with Crippen molar-refractivity contribution in [2.75, 3.05) is 26.2 Å². The molecule has 1 fully saturated rings. The molecule has 3 heteroatoms. The predicted octanol–water partition coefficient (Wildman–Crippen LogP) is 0.753. The van der Waals surface area contributed by atoms with Crippen molar-refractivity contribution >= 4 is 0 Å². The van der Waals surface area contributed by atoms with E-state index < -0.39 is 0 Å². The highest BCUT2D eigenvalue weighted by atomic mass is 16.6. The molecular weight excluding hydrogens is 140 g/mol. The molecule has 0 radical (unpaired) electrons. The van der Waals surface area contributed by atoms with Crippen LogP contribution in [0, 0.1) is 0 Å². The molecule has 1 aliphatic heterocycles. The van der Waals surface area contributed by atoms with Crippen molar-refractivity contribution in [3.8, 4) is 0 Å². The van der Waals surface area contributed by atoms with Crippen LogP contribution in [0.15, 0.2) is 0 Å². The summed E-state index contributed by atoms with van der Waals surface area (Å²) in [4.78, 5) is 7.00. The van der Waals surface area contributed by atoms with E-state index in [0.29, 0.717) is 6.61 Å². The van der Waals surface area contributed by atoms with Crippen LogP contribution in [-0.4, -0.2) is 31.1 Å². The van der Waals surface area contributed by atoms with Crippen LogP contribution in [0.25, 0.3) is 0 Å². The Kier molecular flexibility index (Phi) is 4.50. The van der Waals surface area contributed by atoms with Gasteiger partial charge in [-0.05, 0) is 45.3 Å². The molecule has 1 aliphatic rings. The van der Waals surface area contributed by atoms with Gasteiger partial charge in [-0.2, -0.15) is 0 Å². The molecule has 66 valence electrons. The number of rotatable bonds is 5. The highest BCUT2D eigenvalue weighted by molar-refractivity contribution is 4.65. The van der Waals surface area contributed by atoms with Crippen molar-refractivity contribution in [2.24, 2.45) is 5.90 Å². The van der Waals surface area contributed by atoms with Gasteiger partial charge in [0.15, 0.2) is 0 Å². The zero-order valence-electron chi connectivity index (χ0n) is 7.09. The Morgan fingerprint density at radius 3 is 2.55 bits per heavy atom. The quantitative estimate of drug-likeness (QED) is 0.474. The third kappa shape index (κ3) is 3.70. The van der Waals surface area contributed by atoms with Crippen molar-refractivity contribution in [1.82, 2.24) is 4.90 Å². The molecule has 0 aromatic carbocycles. The zero-order chi connectivity index (χ0) is 7.94. The minimum atomic E-state index is 0.702. The molecule has 11 heavy (non-hydrogen) atoms. The Bertz CT molecular complexity index is 92.1. The summed E-state index contributed by atoms with van der Waals surface area (Å²) in [5, 5.41) is 0. The van der Waals surface area contributed by atoms with Gasteiger partial charge in [0.2, 0.25) is 0 Å². The zero-order valence-corrected chi connectivity index (χ0v) is 7.09. The largest absolute Gasteiger partial charge is 0.305 e. The molecule has 0 amide bonds. The van der Waals surface area contributed by atoms with Gasteiger partial charge in [0, 0.05) is 0 Å². The van der Waals surface area contributed by atoms with Gasteiger partial charge in [0.25, 0.3) is 0 Å². The molecule has 0 unspecified atom stereocenters. The van der Waals surface area contributed by atoms with E-state index in [-0.39, 0.29) is 0 Å². The molecule has 0 saturated carbocycles. The van der Waals surface area contributed by atoms with Gasteiger partial charge < -0.3 is 9.74 Å². The van der Waals surface area contributed by atoms with Crippen LogP contribution in [0.1, 0.15) is 25.7 Å². The summed E-state index contributed by atoms with van der Waals surface area (Å²) < 4.78 is 0. The van der Waals surface area contributed by atoms with Crippen molar-refractivity contribution in [3.63, 3.8) is 0 Å². The van der Waals surface area contributed by atoms with Gasteiger partial charge >= 0.3 is 0 Å². The second-order valence-corrected chi connectivity index (χ2v) is 3.13. The lowest BCUT2D eigenvalue weighted by Crippen LogP contribution is -2.20. The SMILES string of the molecule is NOCCCCN1CCCC1. The van der Waals surface area contributed by atoms with Crippen molar-refractivity contribution in [1.29, 1.82) is 0 Å². The fourth-order valence-electron chi connectivity index (χ4n) is 1.53. The predicted molar refractivity (Wildman–Crippen MR) is 45.0 cm³/mol. The van der Waals surface area contributed by atoms with Gasteiger partial charge in [-0.1, -0.05) is 0 Å². The van der Waals surface area contributed by atoms with Gasteiger partial charge in [-0.3, -0.25) is 0 Å². The summed E-state index contributed by atoms with van der Waals surface area (Å²) in [5.74, 6) is 4.91. The van der Waals surface area contributed by atoms with Crippen molar-refractivity contribution < 1.29 is 4.84 Å². The third-order valence-electron chi connectivity index (χ3n) is 2.19. The van der Waals surface area contributed by atoms with Crippen LogP contribution in [-0.2, 0) is 4.84 Å². The van der Waals surface area contributed by atoms with Gasteiger partial charge in [0.05, 0.1) is 6.61 Å². The molecule has 0 spiro atoms. The Balaban J connectivity index is 1.86. The normalized spacial score (nSPS) is 19.4. The highest BCUT2D eigenvalue weighted by Crippen LogP contribution is 2.07. The molecule has 1 rings (SSSR count). The van der Waals surface area contributed by atoms with E-state index in [4.69, 9.17) is 5.90 Å². The lowest BCUT2D eigenvalue weighted by molar-refractivity contribution is 0.131. The molecule has 0 aliphatic carbocycles. The molecular formula is C8H18N2O.